The van der Waals surface area contributed by atoms with Gasteiger partial charge in [0.1, 0.15) is 6.26 Å². The van der Waals surface area contributed by atoms with Gasteiger partial charge in [-0.2, -0.15) is 0 Å². The topological polar surface area (TPSA) is 69.8 Å². The zero-order valence-corrected chi connectivity index (χ0v) is 19.7. The number of piperazine rings is 1. The maximum atomic E-state index is 4.93. The predicted molar refractivity (Wildman–Crippen MR) is 130 cm³/mol. The molecule has 0 atom stereocenters. The van der Waals surface area contributed by atoms with Crippen LogP contribution in [-0.4, -0.2) is 65.2 Å². The highest BCUT2D eigenvalue weighted by atomic mass is 127. The molecule has 2 aromatic heterocycles. The molecule has 0 unspecified atom stereocenters. The van der Waals surface area contributed by atoms with E-state index in [0.717, 1.165) is 69.4 Å². The summed E-state index contributed by atoms with van der Waals surface area (Å²) in [5.41, 5.74) is 3.32. The first-order valence-corrected chi connectivity index (χ1v) is 10.3. The molecule has 0 radical (unpaired) electrons. The number of halogens is 1. The number of pyridine rings is 1. The molecule has 0 bridgehead atoms. The summed E-state index contributed by atoms with van der Waals surface area (Å²) in [6.45, 7) is 8.47. The molecule has 7 nitrogen and oxygen atoms in total. The maximum absolute atomic E-state index is 4.93. The summed E-state index contributed by atoms with van der Waals surface area (Å²) in [6.07, 6.45) is 4.38. The minimum absolute atomic E-state index is 0. The maximum Gasteiger partial charge on any atom is 0.194 e. The summed E-state index contributed by atoms with van der Waals surface area (Å²) in [5.74, 6) is 1.00. The normalized spacial score (nSPS) is 15.2. The van der Waals surface area contributed by atoms with Gasteiger partial charge in [-0.25, -0.2) is 0 Å². The van der Waals surface area contributed by atoms with Crippen molar-refractivity contribution in [3.8, 4) is 0 Å². The molecular formula is C22H29IN6O. The SMILES string of the molecule is CCNC(=NCCc1cccc2cccnc12)N1CCN(Cc2ccon2)CC1.I. The second-order valence-corrected chi connectivity index (χ2v) is 7.23. The van der Waals surface area contributed by atoms with Gasteiger partial charge >= 0.3 is 0 Å². The van der Waals surface area contributed by atoms with E-state index in [0.29, 0.717) is 0 Å². The zero-order chi connectivity index (χ0) is 19.9. The van der Waals surface area contributed by atoms with E-state index < -0.39 is 0 Å². The molecule has 1 aliphatic heterocycles. The third-order valence-corrected chi connectivity index (χ3v) is 5.24. The van der Waals surface area contributed by atoms with Gasteiger partial charge in [0.05, 0.1) is 11.2 Å². The molecule has 3 aromatic rings. The third kappa shape index (κ3) is 5.69. The van der Waals surface area contributed by atoms with E-state index in [9.17, 15) is 0 Å². The summed E-state index contributed by atoms with van der Waals surface area (Å²) < 4.78 is 4.93. The molecule has 4 rings (SSSR count). The van der Waals surface area contributed by atoms with Crippen molar-refractivity contribution in [2.45, 2.75) is 19.9 Å². The lowest BCUT2D eigenvalue weighted by Crippen LogP contribution is -2.52. The first kappa shape index (κ1) is 22.5. The van der Waals surface area contributed by atoms with Gasteiger partial charge < -0.3 is 14.7 Å². The van der Waals surface area contributed by atoms with Crippen molar-refractivity contribution in [3.63, 3.8) is 0 Å². The number of aliphatic imine (C=N–C) groups is 1. The van der Waals surface area contributed by atoms with Crippen molar-refractivity contribution in [1.82, 2.24) is 25.3 Å². The number of nitrogens with zero attached hydrogens (tertiary/aromatic N) is 5. The highest BCUT2D eigenvalue weighted by Gasteiger charge is 2.20. The second kappa shape index (κ2) is 11.3. The second-order valence-electron chi connectivity index (χ2n) is 7.23. The number of hydrogen-bond acceptors (Lipinski definition) is 5. The summed E-state index contributed by atoms with van der Waals surface area (Å²) in [5, 5.41) is 8.65. The van der Waals surface area contributed by atoms with Crippen LogP contribution in [0.2, 0.25) is 0 Å². The molecule has 1 aliphatic rings. The van der Waals surface area contributed by atoms with E-state index in [1.807, 2.05) is 18.3 Å². The van der Waals surface area contributed by atoms with Gasteiger partial charge in [-0.3, -0.25) is 14.9 Å². The van der Waals surface area contributed by atoms with Crippen molar-refractivity contribution < 1.29 is 4.52 Å². The van der Waals surface area contributed by atoms with Gasteiger partial charge in [0, 0.05) is 63.5 Å². The van der Waals surface area contributed by atoms with Crippen molar-refractivity contribution in [2.24, 2.45) is 4.99 Å². The molecule has 0 amide bonds. The average Bonchev–Trinajstić information content (AvgIpc) is 3.27. The minimum Gasteiger partial charge on any atom is -0.364 e. The fourth-order valence-corrected chi connectivity index (χ4v) is 3.74. The predicted octanol–water partition coefficient (Wildman–Crippen LogP) is 3.17. The van der Waals surface area contributed by atoms with Gasteiger partial charge in [-0.15, -0.1) is 24.0 Å². The quantitative estimate of drug-likeness (QED) is 0.306. The molecule has 160 valence electrons. The number of guanidine groups is 1. The van der Waals surface area contributed by atoms with Gasteiger partial charge in [0.2, 0.25) is 0 Å². The third-order valence-electron chi connectivity index (χ3n) is 5.24. The van der Waals surface area contributed by atoms with Crippen LogP contribution in [0, 0.1) is 0 Å². The van der Waals surface area contributed by atoms with Crippen LogP contribution < -0.4 is 5.32 Å². The van der Waals surface area contributed by atoms with Crippen LogP contribution in [0.15, 0.2) is 58.4 Å². The molecule has 8 heteroatoms. The summed E-state index contributed by atoms with van der Waals surface area (Å²) in [7, 11) is 0. The Morgan fingerprint density at radius 1 is 1.13 bits per heavy atom. The van der Waals surface area contributed by atoms with Gasteiger partial charge in [0.25, 0.3) is 0 Å². The molecular weight excluding hydrogens is 491 g/mol. The highest BCUT2D eigenvalue weighted by molar-refractivity contribution is 14.0. The number of aromatic nitrogens is 2. The Hall–Kier alpha value is -2.20. The number of nitrogens with one attached hydrogen (secondary N) is 1. The highest BCUT2D eigenvalue weighted by Crippen LogP contribution is 2.16. The molecule has 1 N–H and O–H groups in total. The van der Waals surface area contributed by atoms with Crippen molar-refractivity contribution in [2.75, 3.05) is 39.3 Å². The first-order valence-electron chi connectivity index (χ1n) is 10.3. The van der Waals surface area contributed by atoms with Crippen LogP contribution in [0.3, 0.4) is 0 Å². The van der Waals surface area contributed by atoms with Crippen LogP contribution in [0.5, 0.6) is 0 Å². The molecule has 0 aliphatic carbocycles. The van der Waals surface area contributed by atoms with E-state index in [1.54, 1.807) is 6.26 Å². The number of fused-ring (bicyclic) bond motifs is 1. The van der Waals surface area contributed by atoms with Crippen molar-refractivity contribution in [1.29, 1.82) is 0 Å². The Bertz CT molecular complexity index is 932. The number of rotatable bonds is 6. The largest absolute Gasteiger partial charge is 0.364 e. The van der Waals surface area contributed by atoms with Crippen LogP contribution in [-0.2, 0) is 13.0 Å². The van der Waals surface area contributed by atoms with E-state index in [1.165, 1.54) is 10.9 Å². The Balaban J connectivity index is 0.00000256. The Kier molecular flexibility index (Phi) is 8.44. The van der Waals surface area contributed by atoms with E-state index in [-0.39, 0.29) is 24.0 Å². The van der Waals surface area contributed by atoms with Crippen LogP contribution in [0.25, 0.3) is 10.9 Å². The molecule has 1 fully saturated rings. The number of para-hydroxylation sites is 1. The van der Waals surface area contributed by atoms with E-state index >= 15 is 0 Å². The average molecular weight is 520 g/mol. The molecule has 1 aromatic carbocycles. The fraction of sp³-hybridized carbons (Fsp3) is 0.409. The summed E-state index contributed by atoms with van der Waals surface area (Å²) in [6, 6.07) is 12.4. The monoisotopic (exact) mass is 520 g/mol. The summed E-state index contributed by atoms with van der Waals surface area (Å²) >= 11 is 0. The van der Waals surface area contributed by atoms with E-state index in [4.69, 9.17) is 9.52 Å². The van der Waals surface area contributed by atoms with Crippen LogP contribution >= 0.6 is 24.0 Å². The Labute approximate surface area is 194 Å². The van der Waals surface area contributed by atoms with Gasteiger partial charge in [-0.05, 0) is 25.0 Å². The molecule has 0 saturated carbocycles. The molecule has 30 heavy (non-hydrogen) atoms. The summed E-state index contributed by atoms with van der Waals surface area (Å²) in [4.78, 5) is 14.2. The van der Waals surface area contributed by atoms with Crippen molar-refractivity contribution in [3.05, 3.63) is 60.1 Å². The van der Waals surface area contributed by atoms with Crippen LogP contribution in [0.4, 0.5) is 0 Å². The van der Waals surface area contributed by atoms with Crippen LogP contribution in [0.1, 0.15) is 18.2 Å². The van der Waals surface area contributed by atoms with Crippen molar-refractivity contribution >= 4 is 40.8 Å². The standard InChI is InChI=1S/C22H28N6O.HI/c1-2-23-22(28-14-12-27(13-15-28)17-20-9-16-29-26-20)25-11-8-19-6-3-5-18-7-4-10-24-21(18)19;/h3-7,9-10,16H,2,8,11-15,17H2,1H3,(H,23,25);1H. The lowest BCUT2D eigenvalue weighted by Gasteiger charge is -2.36. The Morgan fingerprint density at radius 2 is 1.97 bits per heavy atom. The molecule has 3 heterocycles. The molecule has 0 spiro atoms. The zero-order valence-electron chi connectivity index (χ0n) is 17.3. The van der Waals surface area contributed by atoms with Gasteiger partial charge in [-0.1, -0.05) is 29.4 Å². The van der Waals surface area contributed by atoms with Gasteiger partial charge in [0.15, 0.2) is 5.96 Å². The fourth-order valence-electron chi connectivity index (χ4n) is 3.74. The lowest BCUT2D eigenvalue weighted by molar-refractivity contribution is 0.169. The van der Waals surface area contributed by atoms with E-state index in [2.05, 4.69) is 56.4 Å². The number of benzene rings is 1. The lowest BCUT2D eigenvalue weighted by atomic mass is 10.1. The number of hydrogen-bond donors (Lipinski definition) is 1. The Morgan fingerprint density at radius 3 is 2.73 bits per heavy atom. The molecule has 1 saturated heterocycles. The first-order chi connectivity index (χ1) is 14.3. The minimum atomic E-state index is 0. The smallest absolute Gasteiger partial charge is 0.194 e.